The van der Waals surface area contributed by atoms with Crippen LogP contribution in [0.15, 0.2) is 48.5 Å². The first-order valence-electron chi connectivity index (χ1n) is 8.21. The Labute approximate surface area is 146 Å². The first-order chi connectivity index (χ1) is 11.6. The van der Waals surface area contributed by atoms with Crippen molar-refractivity contribution in [1.29, 1.82) is 0 Å². The van der Waals surface area contributed by atoms with Crippen molar-refractivity contribution >= 4 is 17.5 Å². The van der Waals surface area contributed by atoms with E-state index in [1.807, 2.05) is 24.3 Å². The van der Waals surface area contributed by atoms with Gasteiger partial charge in [0.1, 0.15) is 12.4 Å². The van der Waals surface area contributed by atoms with Crippen LogP contribution in [0.2, 0.25) is 5.02 Å². The zero-order valence-electron chi connectivity index (χ0n) is 13.4. The summed E-state index contributed by atoms with van der Waals surface area (Å²) in [5.41, 5.74) is 1.97. The zero-order valence-corrected chi connectivity index (χ0v) is 14.2. The average molecular weight is 348 g/mol. The molecule has 1 unspecified atom stereocenters. The van der Waals surface area contributed by atoms with Gasteiger partial charge in [-0.1, -0.05) is 41.9 Å². The highest BCUT2D eigenvalue weighted by Crippen LogP contribution is 2.16. The molecule has 3 rings (SSSR count). The summed E-state index contributed by atoms with van der Waals surface area (Å²) in [5.74, 6) is -0.219. The monoisotopic (exact) mass is 347 g/mol. The summed E-state index contributed by atoms with van der Waals surface area (Å²) in [5, 5.41) is 3.61. The van der Waals surface area contributed by atoms with E-state index in [-0.39, 0.29) is 11.7 Å². The Hall–Kier alpha value is -1.91. The molecule has 1 saturated carbocycles. The molecule has 0 bridgehead atoms. The van der Waals surface area contributed by atoms with Crippen LogP contribution >= 0.6 is 11.6 Å². The van der Waals surface area contributed by atoms with Gasteiger partial charge >= 0.3 is 0 Å². The number of hydrogen-bond donors (Lipinski definition) is 2. The second-order valence-corrected chi connectivity index (χ2v) is 6.69. The van der Waals surface area contributed by atoms with Crippen LogP contribution in [0, 0.1) is 5.82 Å². The molecule has 0 radical (unpaired) electrons. The lowest BCUT2D eigenvalue weighted by molar-refractivity contribution is -0.917. The molecule has 1 aliphatic carbocycles. The predicted octanol–water partition coefficient (Wildman–Crippen LogP) is 2.34. The van der Waals surface area contributed by atoms with E-state index < -0.39 is 0 Å². The smallest absolute Gasteiger partial charge is 0.275 e. The van der Waals surface area contributed by atoms with Gasteiger partial charge in [0.15, 0.2) is 6.54 Å². The van der Waals surface area contributed by atoms with Gasteiger partial charge in [-0.25, -0.2) is 4.39 Å². The molecule has 2 aromatic carbocycles. The molecule has 0 heterocycles. The third-order valence-corrected chi connectivity index (χ3v) is 4.69. The van der Waals surface area contributed by atoms with Gasteiger partial charge in [-0.3, -0.25) is 4.79 Å². The number of benzene rings is 2. The van der Waals surface area contributed by atoms with E-state index in [1.165, 1.54) is 17.0 Å². The Morgan fingerprint density at radius 3 is 2.54 bits per heavy atom. The van der Waals surface area contributed by atoms with Crippen molar-refractivity contribution in [2.24, 2.45) is 0 Å². The summed E-state index contributed by atoms with van der Waals surface area (Å²) >= 11 is 6.11. The molecule has 0 aromatic heterocycles. The molecule has 126 valence electrons. The van der Waals surface area contributed by atoms with Crippen molar-refractivity contribution in [3.8, 4) is 0 Å². The first-order valence-corrected chi connectivity index (χ1v) is 8.59. The van der Waals surface area contributed by atoms with Gasteiger partial charge in [-0.05, 0) is 23.8 Å². The molecule has 2 aromatic rings. The summed E-state index contributed by atoms with van der Waals surface area (Å²) in [6.07, 6.45) is 2.29. The minimum absolute atomic E-state index is 0.0129. The predicted molar refractivity (Wildman–Crippen MR) is 92.3 cm³/mol. The number of hydrogen-bond acceptors (Lipinski definition) is 1. The molecular weight excluding hydrogens is 327 g/mol. The topological polar surface area (TPSA) is 33.5 Å². The number of carbonyl (C=O) groups is 1. The second-order valence-electron chi connectivity index (χ2n) is 6.28. The maximum Gasteiger partial charge on any atom is 0.275 e. The SMILES string of the molecule is O=C(C[NH+](Cc1ccc(F)cc1)C1CC1)NCc1ccccc1Cl. The molecule has 0 saturated heterocycles. The summed E-state index contributed by atoms with van der Waals surface area (Å²) in [4.78, 5) is 13.5. The van der Waals surface area contributed by atoms with Crippen LogP contribution < -0.4 is 10.2 Å². The van der Waals surface area contributed by atoms with Crippen molar-refractivity contribution in [3.05, 3.63) is 70.5 Å². The lowest BCUT2D eigenvalue weighted by Crippen LogP contribution is -3.13. The average Bonchev–Trinajstić information content (AvgIpc) is 3.40. The second kappa shape index (κ2) is 7.77. The summed E-state index contributed by atoms with van der Waals surface area (Å²) in [7, 11) is 0. The molecule has 0 spiro atoms. The fourth-order valence-corrected chi connectivity index (χ4v) is 3.01. The van der Waals surface area contributed by atoms with Gasteiger partial charge < -0.3 is 10.2 Å². The molecule has 1 aliphatic rings. The molecule has 5 heteroatoms. The van der Waals surface area contributed by atoms with Crippen LogP contribution in [0.3, 0.4) is 0 Å². The van der Waals surface area contributed by atoms with Crippen LogP contribution in [0.4, 0.5) is 4.39 Å². The van der Waals surface area contributed by atoms with Gasteiger partial charge in [-0.2, -0.15) is 0 Å². The van der Waals surface area contributed by atoms with E-state index in [0.717, 1.165) is 30.5 Å². The van der Waals surface area contributed by atoms with E-state index in [1.54, 1.807) is 12.1 Å². The number of nitrogens with one attached hydrogen (secondary N) is 2. The minimum Gasteiger partial charge on any atom is -0.347 e. The van der Waals surface area contributed by atoms with Crippen LogP contribution in [0.5, 0.6) is 0 Å². The van der Waals surface area contributed by atoms with Crippen LogP contribution in [-0.4, -0.2) is 18.5 Å². The van der Waals surface area contributed by atoms with Crippen LogP contribution in [0.25, 0.3) is 0 Å². The Morgan fingerprint density at radius 2 is 1.88 bits per heavy atom. The largest absolute Gasteiger partial charge is 0.347 e. The molecule has 24 heavy (non-hydrogen) atoms. The Kier molecular flexibility index (Phi) is 5.48. The van der Waals surface area contributed by atoms with E-state index >= 15 is 0 Å². The molecule has 0 aliphatic heterocycles. The number of quaternary nitrogens is 1. The van der Waals surface area contributed by atoms with Crippen LogP contribution in [0.1, 0.15) is 24.0 Å². The fraction of sp³-hybridized carbons (Fsp3) is 0.316. The molecular formula is C19H21ClFN2O+. The fourth-order valence-electron chi connectivity index (χ4n) is 2.81. The zero-order chi connectivity index (χ0) is 16.9. The van der Waals surface area contributed by atoms with Crippen molar-refractivity contribution in [3.63, 3.8) is 0 Å². The van der Waals surface area contributed by atoms with Gasteiger partial charge in [0.2, 0.25) is 0 Å². The molecule has 1 amide bonds. The van der Waals surface area contributed by atoms with E-state index in [9.17, 15) is 9.18 Å². The number of carbonyl (C=O) groups excluding carboxylic acids is 1. The van der Waals surface area contributed by atoms with E-state index in [2.05, 4.69) is 5.32 Å². The molecule has 1 fully saturated rings. The minimum atomic E-state index is -0.232. The van der Waals surface area contributed by atoms with E-state index in [4.69, 9.17) is 11.6 Å². The van der Waals surface area contributed by atoms with E-state index in [0.29, 0.717) is 24.2 Å². The lowest BCUT2D eigenvalue weighted by Gasteiger charge is -2.19. The third-order valence-electron chi connectivity index (χ3n) is 4.32. The maximum absolute atomic E-state index is 13.0. The third kappa shape index (κ3) is 4.79. The van der Waals surface area contributed by atoms with Gasteiger partial charge in [-0.15, -0.1) is 0 Å². The van der Waals surface area contributed by atoms with Crippen molar-refractivity contribution in [1.82, 2.24) is 5.32 Å². The van der Waals surface area contributed by atoms with Gasteiger partial charge in [0.25, 0.3) is 5.91 Å². The molecule has 2 N–H and O–H groups in total. The number of halogens is 2. The van der Waals surface area contributed by atoms with Gasteiger partial charge in [0.05, 0.1) is 6.04 Å². The normalized spacial score (nSPS) is 15.1. The highest BCUT2D eigenvalue weighted by Gasteiger charge is 2.34. The quantitative estimate of drug-likeness (QED) is 0.792. The van der Waals surface area contributed by atoms with Crippen molar-refractivity contribution < 1.29 is 14.1 Å². The molecule has 1 atom stereocenters. The summed E-state index contributed by atoms with van der Waals surface area (Å²) in [6, 6.07) is 14.6. The molecule has 3 nitrogen and oxygen atoms in total. The lowest BCUT2D eigenvalue weighted by atomic mass is 10.2. The highest BCUT2D eigenvalue weighted by atomic mass is 35.5. The summed E-state index contributed by atoms with van der Waals surface area (Å²) < 4.78 is 13.0. The summed E-state index contributed by atoms with van der Waals surface area (Å²) in [6.45, 7) is 1.60. The maximum atomic E-state index is 13.0. The first kappa shape index (κ1) is 16.9. The Balaban J connectivity index is 1.54. The number of rotatable bonds is 7. The van der Waals surface area contributed by atoms with Crippen molar-refractivity contribution in [2.75, 3.05) is 6.54 Å². The van der Waals surface area contributed by atoms with Crippen molar-refractivity contribution in [2.45, 2.75) is 32.0 Å². The highest BCUT2D eigenvalue weighted by molar-refractivity contribution is 6.31. The number of amides is 1. The van der Waals surface area contributed by atoms with Crippen LogP contribution in [-0.2, 0) is 17.9 Å². The van der Waals surface area contributed by atoms with Gasteiger partial charge in [0, 0.05) is 30.0 Å². The Bertz CT molecular complexity index is 701. The Morgan fingerprint density at radius 1 is 1.17 bits per heavy atom. The standard InChI is InChI=1S/C19H20ClFN2O/c20-18-4-2-1-3-15(18)11-22-19(24)13-23(17-9-10-17)12-14-5-7-16(21)8-6-14/h1-8,17H,9-13H2,(H,22,24)/p+1.